The maximum Gasteiger partial charge on any atom is 0.508 e. The lowest BCUT2D eigenvalue weighted by Crippen LogP contribution is -2.27. The monoisotopic (exact) mass is 228 g/mol. The van der Waals surface area contributed by atoms with Crippen molar-refractivity contribution in [1.29, 1.82) is 0 Å². The molecule has 5 nitrogen and oxygen atoms in total. The number of rotatable bonds is 3. The summed E-state index contributed by atoms with van der Waals surface area (Å²) in [5.41, 5.74) is 0. The van der Waals surface area contributed by atoms with Gasteiger partial charge in [-0.1, -0.05) is 6.08 Å². The van der Waals surface area contributed by atoms with Crippen molar-refractivity contribution in [2.45, 2.75) is 25.9 Å². The summed E-state index contributed by atoms with van der Waals surface area (Å²) in [6.07, 6.45) is 3.53. The molecule has 0 aromatic heterocycles. The van der Waals surface area contributed by atoms with Crippen LogP contribution in [-0.2, 0) is 19.0 Å². The Hall–Kier alpha value is -1.52. The number of hydrogen-bond donors (Lipinski definition) is 0. The van der Waals surface area contributed by atoms with Gasteiger partial charge in [0.1, 0.15) is 6.10 Å². The first-order valence-corrected chi connectivity index (χ1v) is 5.25. The highest BCUT2D eigenvalue weighted by molar-refractivity contribution is 5.73. The third kappa shape index (κ3) is 3.56. The molecule has 0 heterocycles. The molecule has 5 heteroatoms. The molecule has 0 saturated heterocycles. The van der Waals surface area contributed by atoms with Crippen molar-refractivity contribution in [2.75, 3.05) is 13.7 Å². The Kier molecular flexibility index (Phi) is 4.82. The van der Waals surface area contributed by atoms with Gasteiger partial charge in [0, 0.05) is 6.42 Å². The lowest BCUT2D eigenvalue weighted by atomic mass is 9.93. The summed E-state index contributed by atoms with van der Waals surface area (Å²) in [7, 11) is 1.35. The summed E-state index contributed by atoms with van der Waals surface area (Å²) < 4.78 is 14.3. The molecule has 0 aromatic carbocycles. The van der Waals surface area contributed by atoms with Crippen LogP contribution < -0.4 is 0 Å². The second-order valence-electron chi connectivity index (χ2n) is 3.46. The SMILES string of the molecule is CCOC(=O)O[C@@H]1C=CC[C@H](C(=O)OC)C1. The molecule has 90 valence electrons. The predicted molar refractivity (Wildman–Crippen MR) is 55.8 cm³/mol. The fourth-order valence-corrected chi connectivity index (χ4v) is 1.57. The summed E-state index contributed by atoms with van der Waals surface area (Å²) >= 11 is 0. The van der Waals surface area contributed by atoms with Gasteiger partial charge in [-0.05, 0) is 19.4 Å². The molecule has 0 N–H and O–H groups in total. The predicted octanol–water partition coefficient (Wildman–Crippen LogP) is 1.67. The van der Waals surface area contributed by atoms with Crippen LogP contribution in [0.3, 0.4) is 0 Å². The highest BCUT2D eigenvalue weighted by Gasteiger charge is 2.27. The third-order valence-electron chi connectivity index (χ3n) is 2.33. The minimum absolute atomic E-state index is 0.241. The number of carbonyl (C=O) groups excluding carboxylic acids is 2. The fourth-order valence-electron chi connectivity index (χ4n) is 1.57. The van der Waals surface area contributed by atoms with E-state index < -0.39 is 12.3 Å². The van der Waals surface area contributed by atoms with Crippen LogP contribution in [0.1, 0.15) is 19.8 Å². The highest BCUT2D eigenvalue weighted by Crippen LogP contribution is 2.22. The van der Waals surface area contributed by atoms with Crippen molar-refractivity contribution >= 4 is 12.1 Å². The van der Waals surface area contributed by atoms with Gasteiger partial charge in [0.15, 0.2) is 0 Å². The molecule has 0 bridgehead atoms. The lowest BCUT2D eigenvalue weighted by Gasteiger charge is -2.22. The highest BCUT2D eigenvalue weighted by atomic mass is 16.7. The van der Waals surface area contributed by atoms with Crippen LogP contribution in [-0.4, -0.2) is 31.9 Å². The fraction of sp³-hybridized carbons (Fsp3) is 0.636. The molecule has 2 atom stereocenters. The van der Waals surface area contributed by atoms with E-state index in [1.165, 1.54) is 7.11 Å². The second kappa shape index (κ2) is 6.15. The number of allylic oxidation sites excluding steroid dienone is 1. The molecule has 0 spiro atoms. The van der Waals surface area contributed by atoms with Crippen LogP contribution in [0.2, 0.25) is 0 Å². The third-order valence-corrected chi connectivity index (χ3v) is 2.33. The summed E-state index contributed by atoms with van der Waals surface area (Å²) in [5, 5.41) is 0. The van der Waals surface area contributed by atoms with Crippen LogP contribution in [0.25, 0.3) is 0 Å². The number of esters is 1. The van der Waals surface area contributed by atoms with Crippen LogP contribution in [0.15, 0.2) is 12.2 Å². The number of ether oxygens (including phenoxy) is 3. The summed E-state index contributed by atoms with van der Waals surface area (Å²) in [6, 6.07) is 0. The Morgan fingerprint density at radius 2 is 2.19 bits per heavy atom. The zero-order valence-electron chi connectivity index (χ0n) is 9.47. The van der Waals surface area contributed by atoms with Gasteiger partial charge in [0.2, 0.25) is 0 Å². The van der Waals surface area contributed by atoms with E-state index in [1.807, 2.05) is 6.08 Å². The molecule has 0 aromatic rings. The Morgan fingerprint density at radius 1 is 1.44 bits per heavy atom. The van der Waals surface area contributed by atoms with Crippen molar-refractivity contribution in [3.63, 3.8) is 0 Å². The summed E-state index contributed by atoms with van der Waals surface area (Å²) in [4.78, 5) is 22.4. The van der Waals surface area contributed by atoms with Crippen molar-refractivity contribution < 1.29 is 23.8 Å². The Balaban J connectivity index is 2.45. The van der Waals surface area contributed by atoms with Gasteiger partial charge in [-0.25, -0.2) is 4.79 Å². The Morgan fingerprint density at radius 3 is 2.81 bits per heavy atom. The van der Waals surface area contributed by atoms with E-state index in [-0.39, 0.29) is 18.5 Å². The van der Waals surface area contributed by atoms with Gasteiger partial charge in [0.25, 0.3) is 0 Å². The molecule has 16 heavy (non-hydrogen) atoms. The Bertz CT molecular complexity index is 284. The maximum absolute atomic E-state index is 11.3. The van der Waals surface area contributed by atoms with Crippen LogP contribution in [0.4, 0.5) is 4.79 Å². The molecule has 0 fully saturated rings. The normalized spacial score (nSPS) is 23.6. The second-order valence-corrected chi connectivity index (χ2v) is 3.46. The average Bonchev–Trinajstić information content (AvgIpc) is 2.28. The van der Waals surface area contributed by atoms with E-state index in [0.717, 1.165) is 0 Å². The van der Waals surface area contributed by atoms with E-state index in [0.29, 0.717) is 12.8 Å². The zero-order valence-corrected chi connectivity index (χ0v) is 9.47. The van der Waals surface area contributed by atoms with E-state index in [2.05, 4.69) is 9.47 Å². The molecule has 1 rings (SSSR count). The van der Waals surface area contributed by atoms with Gasteiger partial charge in [-0.3, -0.25) is 4.79 Å². The number of methoxy groups -OCH3 is 1. The smallest absolute Gasteiger partial charge is 0.469 e. The van der Waals surface area contributed by atoms with E-state index in [9.17, 15) is 9.59 Å². The number of carbonyl (C=O) groups is 2. The number of hydrogen-bond acceptors (Lipinski definition) is 5. The standard InChI is InChI=1S/C11H16O5/c1-3-15-11(13)16-9-6-4-5-8(7-9)10(12)14-2/h4,6,8-9H,3,5,7H2,1-2H3/t8-,9+/m0/s1. The quantitative estimate of drug-likeness (QED) is 0.543. The van der Waals surface area contributed by atoms with E-state index in [1.54, 1.807) is 13.0 Å². The molecular formula is C11H16O5. The van der Waals surface area contributed by atoms with Gasteiger partial charge in [-0.2, -0.15) is 0 Å². The minimum Gasteiger partial charge on any atom is -0.469 e. The first-order valence-electron chi connectivity index (χ1n) is 5.25. The van der Waals surface area contributed by atoms with Crippen molar-refractivity contribution in [3.8, 4) is 0 Å². The molecule has 0 unspecified atom stereocenters. The van der Waals surface area contributed by atoms with Gasteiger partial charge < -0.3 is 14.2 Å². The average molecular weight is 228 g/mol. The topological polar surface area (TPSA) is 61.8 Å². The van der Waals surface area contributed by atoms with E-state index in [4.69, 9.17) is 4.74 Å². The van der Waals surface area contributed by atoms with Crippen molar-refractivity contribution in [1.82, 2.24) is 0 Å². The van der Waals surface area contributed by atoms with E-state index >= 15 is 0 Å². The van der Waals surface area contributed by atoms with Crippen molar-refractivity contribution in [2.24, 2.45) is 5.92 Å². The molecule has 0 aliphatic heterocycles. The summed E-state index contributed by atoms with van der Waals surface area (Å²) in [5.74, 6) is -0.517. The maximum atomic E-state index is 11.3. The first kappa shape index (κ1) is 12.5. The van der Waals surface area contributed by atoms with Gasteiger partial charge >= 0.3 is 12.1 Å². The molecular weight excluding hydrogens is 212 g/mol. The van der Waals surface area contributed by atoms with Gasteiger partial charge in [0.05, 0.1) is 19.6 Å². The zero-order chi connectivity index (χ0) is 12.0. The first-order chi connectivity index (χ1) is 7.67. The van der Waals surface area contributed by atoms with Crippen LogP contribution in [0, 0.1) is 5.92 Å². The van der Waals surface area contributed by atoms with Gasteiger partial charge in [-0.15, -0.1) is 0 Å². The van der Waals surface area contributed by atoms with Crippen LogP contribution in [0.5, 0.6) is 0 Å². The lowest BCUT2D eigenvalue weighted by molar-refractivity contribution is -0.146. The Labute approximate surface area is 94.4 Å². The molecule has 1 aliphatic carbocycles. The van der Waals surface area contributed by atoms with Crippen LogP contribution >= 0.6 is 0 Å². The molecule has 1 aliphatic rings. The minimum atomic E-state index is -0.706. The largest absolute Gasteiger partial charge is 0.508 e. The molecule has 0 saturated carbocycles. The molecule has 0 radical (unpaired) electrons. The van der Waals surface area contributed by atoms with Crippen molar-refractivity contribution in [3.05, 3.63) is 12.2 Å². The summed E-state index contributed by atoms with van der Waals surface area (Å²) in [6.45, 7) is 1.98. The molecule has 0 amide bonds.